The van der Waals surface area contributed by atoms with Crippen LogP contribution < -0.4 is 5.73 Å². The van der Waals surface area contributed by atoms with Gasteiger partial charge in [-0.25, -0.2) is 0 Å². The van der Waals surface area contributed by atoms with Crippen molar-refractivity contribution >= 4 is 0 Å². The first kappa shape index (κ1) is 15.0. The molecule has 0 radical (unpaired) electrons. The zero-order chi connectivity index (χ0) is 14.9. The van der Waals surface area contributed by atoms with Crippen LogP contribution >= 0.6 is 0 Å². The van der Waals surface area contributed by atoms with Crippen molar-refractivity contribution in [3.63, 3.8) is 0 Å². The monoisotopic (exact) mass is 293 g/mol. The van der Waals surface area contributed by atoms with Crippen LogP contribution in [-0.4, -0.2) is 16.7 Å². The van der Waals surface area contributed by atoms with Gasteiger partial charge in [0.1, 0.15) is 5.60 Å². The van der Waals surface area contributed by atoms with Crippen LogP contribution in [0.15, 0.2) is 4.52 Å². The van der Waals surface area contributed by atoms with Gasteiger partial charge in [-0.05, 0) is 44.9 Å². The van der Waals surface area contributed by atoms with Gasteiger partial charge >= 0.3 is 0 Å². The van der Waals surface area contributed by atoms with Gasteiger partial charge < -0.3 is 15.0 Å². The molecule has 2 aliphatic rings. The lowest BCUT2D eigenvalue weighted by atomic mass is 9.78. The van der Waals surface area contributed by atoms with Gasteiger partial charge in [-0.2, -0.15) is 4.98 Å². The maximum absolute atomic E-state index is 6.43. The van der Waals surface area contributed by atoms with Crippen LogP contribution in [0.4, 0.5) is 0 Å². The first-order valence-electron chi connectivity index (χ1n) is 8.35. The Morgan fingerprint density at radius 2 is 2.05 bits per heavy atom. The molecule has 2 aliphatic carbocycles. The summed E-state index contributed by atoms with van der Waals surface area (Å²) in [6.07, 6.45) is 8.50. The van der Waals surface area contributed by atoms with E-state index < -0.39 is 5.54 Å². The highest BCUT2D eigenvalue weighted by Crippen LogP contribution is 2.43. The Bertz CT molecular complexity index is 478. The Morgan fingerprint density at radius 3 is 2.71 bits per heavy atom. The molecule has 1 aromatic rings. The van der Waals surface area contributed by atoms with Crippen LogP contribution in [0.3, 0.4) is 0 Å². The molecule has 0 aromatic carbocycles. The maximum atomic E-state index is 6.43. The van der Waals surface area contributed by atoms with Crippen LogP contribution in [0.2, 0.25) is 0 Å². The van der Waals surface area contributed by atoms with Crippen LogP contribution in [0.5, 0.6) is 0 Å². The molecule has 0 bridgehead atoms. The number of rotatable bonds is 4. The third-order valence-electron chi connectivity index (χ3n) is 5.13. The van der Waals surface area contributed by atoms with Gasteiger partial charge in [-0.3, -0.25) is 0 Å². The molecule has 118 valence electrons. The van der Waals surface area contributed by atoms with Crippen molar-refractivity contribution in [1.29, 1.82) is 0 Å². The minimum Gasteiger partial charge on any atom is -0.367 e. The lowest BCUT2D eigenvalue weighted by Crippen LogP contribution is -2.37. The van der Waals surface area contributed by atoms with E-state index in [2.05, 4.69) is 17.1 Å². The first-order chi connectivity index (χ1) is 10.1. The molecule has 2 N–H and O–H groups in total. The lowest BCUT2D eigenvalue weighted by Gasteiger charge is -2.37. The van der Waals surface area contributed by atoms with Crippen LogP contribution in [0.1, 0.15) is 76.9 Å². The third-order valence-corrected chi connectivity index (χ3v) is 5.13. The fourth-order valence-corrected chi connectivity index (χ4v) is 4.01. The van der Waals surface area contributed by atoms with E-state index in [1.54, 1.807) is 0 Å². The van der Waals surface area contributed by atoms with E-state index in [-0.39, 0.29) is 5.60 Å². The summed E-state index contributed by atoms with van der Waals surface area (Å²) in [5.41, 5.74) is 5.64. The number of nitrogens with zero attached hydrogens (tertiary/aromatic N) is 2. The predicted molar refractivity (Wildman–Crippen MR) is 79.6 cm³/mol. The third kappa shape index (κ3) is 2.73. The summed E-state index contributed by atoms with van der Waals surface area (Å²) < 4.78 is 11.7. The van der Waals surface area contributed by atoms with Crippen LogP contribution in [0, 0.1) is 5.92 Å². The molecule has 1 heterocycles. The highest BCUT2D eigenvalue weighted by atomic mass is 16.5. The Labute approximate surface area is 126 Å². The number of hydrogen-bond donors (Lipinski definition) is 1. The summed E-state index contributed by atoms with van der Waals surface area (Å²) in [5, 5.41) is 4.26. The van der Waals surface area contributed by atoms with Crippen molar-refractivity contribution < 1.29 is 9.26 Å². The predicted octanol–water partition coefficient (Wildman–Crippen LogP) is 3.24. The molecule has 1 aromatic heterocycles. The maximum Gasteiger partial charge on any atom is 0.246 e. The minimum atomic E-state index is -0.418. The second-order valence-corrected chi connectivity index (χ2v) is 6.92. The van der Waals surface area contributed by atoms with Crippen molar-refractivity contribution in [3.8, 4) is 0 Å². The van der Waals surface area contributed by atoms with Crippen molar-refractivity contribution in [2.45, 2.75) is 76.4 Å². The topological polar surface area (TPSA) is 74.2 Å². The zero-order valence-electron chi connectivity index (χ0n) is 13.2. The minimum absolute atomic E-state index is 0.372. The molecular formula is C16H27N3O2. The fraction of sp³-hybridized carbons (Fsp3) is 0.875. The van der Waals surface area contributed by atoms with E-state index in [0.29, 0.717) is 24.2 Å². The molecular weight excluding hydrogens is 266 g/mol. The summed E-state index contributed by atoms with van der Waals surface area (Å²) in [6.45, 7) is 4.98. The van der Waals surface area contributed by atoms with Gasteiger partial charge in [0.25, 0.3) is 0 Å². The molecule has 3 rings (SSSR count). The van der Waals surface area contributed by atoms with Crippen molar-refractivity contribution in [2.75, 3.05) is 6.61 Å². The number of hydrogen-bond acceptors (Lipinski definition) is 5. The summed E-state index contributed by atoms with van der Waals surface area (Å²) in [4.78, 5) is 4.69. The van der Waals surface area contributed by atoms with Gasteiger partial charge in [0.05, 0.1) is 5.54 Å². The molecule has 0 saturated heterocycles. The smallest absolute Gasteiger partial charge is 0.246 e. The summed E-state index contributed by atoms with van der Waals surface area (Å²) >= 11 is 0. The van der Waals surface area contributed by atoms with Gasteiger partial charge in [-0.15, -0.1) is 0 Å². The molecule has 5 nitrogen and oxygen atoms in total. The lowest BCUT2D eigenvalue weighted by molar-refractivity contribution is -0.0891. The Balaban J connectivity index is 1.88. The molecule has 5 heteroatoms. The quantitative estimate of drug-likeness (QED) is 0.922. The molecule has 0 amide bonds. The first-order valence-corrected chi connectivity index (χ1v) is 8.35. The molecule has 21 heavy (non-hydrogen) atoms. The van der Waals surface area contributed by atoms with Crippen molar-refractivity contribution in [3.05, 3.63) is 11.7 Å². The second-order valence-electron chi connectivity index (χ2n) is 6.92. The van der Waals surface area contributed by atoms with E-state index in [0.717, 1.165) is 44.9 Å². The van der Waals surface area contributed by atoms with E-state index in [9.17, 15) is 0 Å². The number of aromatic nitrogens is 2. The number of nitrogens with two attached hydrogens (primary N) is 1. The van der Waals surface area contributed by atoms with Gasteiger partial charge in [0.2, 0.25) is 11.7 Å². The average Bonchev–Trinajstić information content (AvgIpc) is 3.09. The summed E-state index contributed by atoms with van der Waals surface area (Å²) in [5.74, 6) is 1.94. The van der Waals surface area contributed by atoms with E-state index >= 15 is 0 Å². The van der Waals surface area contributed by atoms with Crippen molar-refractivity contribution in [1.82, 2.24) is 10.1 Å². The summed E-state index contributed by atoms with van der Waals surface area (Å²) in [7, 11) is 0. The SMILES string of the molecule is CCOC1(c2noc(C3(N)CCCC3)n2)CCCC(C)C1. The molecule has 0 spiro atoms. The van der Waals surface area contributed by atoms with E-state index in [1.165, 1.54) is 6.42 Å². The zero-order valence-corrected chi connectivity index (χ0v) is 13.2. The van der Waals surface area contributed by atoms with E-state index in [4.69, 9.17) is 15.0 Å². The van der Waals surface area contributed by atoms with Crippen LogP contribution in [-0.2, 0) is 15.9 Å². The Kier molecular flexibility index (Phi) is 4.06. The van der Waals surface area contributed by atoms with Crippen LogP contribution in [0.25, 0.3) is 0 Å². The van der Waals surface area contributed by atoms with E-state index in [1.807, 2.05) is 6.92 Å². The molecule has 2 fully saturated rings. The molecule has 2 saturated carbocycles. The van der Waals surface area contributed by atoms with Gasteiger partial charge in [-0.1, -0.05) is 31.3 Å². The Hall–Kier alpha value is -0.940. The fourth-order valence-electron chi connectivity index (χ4n) is 4.01. The highest BCUT2D eigenvalue weighted by Gasteiger charge is 2.44. The molecule has 2 atom stereocenters. The molecule has 2 unspecified atom stereocenters. The van der Waals surface area contributed by atoms with Gasteiger partial charge in [0.15, 0.2) is 0 Å². The Morgan fingerprint density at radius 1 is 1.29 bits per heavy atom. The molecule has 0 aliphatic heterocycles. The normalized spacial score (nSPS) is 32.4. The second kappa shape index (κ2) is 5.69. The van der Waals surface area contributed by atoms with Crippen molar-refractivity contribution in [2.24, 2.45) is 11.7 Å². The highest BCUT2D eigenvalue weighted by molar-refractivity contribution is 5.10. The standard InChI is InChI=1S/C16H27N3O2/c1-3-20-16(10-6-7-12(2)11-16)13-18-14(21-19-13)15(17)8-4-5-9-15/h12H,3-11,17H2,1-2H3. The largest absolute Gasteiger partial charge is 0.367 e. The number of ether oxygens (including phenoxy) is 1. The summed E-state index contributed by atoms with van der Waals surface area (Å²) in [6, 6.07) is 0. The van der Waals surface area contributed by atoms with Gasteiger partial charge in [0, 0.05) is 6.61 Å². The average molecular weight is 293 g/mol.